The molecule has 0 radical (unpaired) electrons. The number of aromatic nitrogens is 2. The zero-order chi connectivity index (χ0) is 21.3. The summed E-state index contributed by atoms with van der Waals surface area (Å²) in [5, 5.41) is 31.4. The standard InChI is InChI=1S/C23H30N4O3/c1-14-7-15(2)24-10-17(14)11-25-23(30)19-8-16(22(29)13-28)9-21-20(19)12-26-27(21)18-5-3-4-6-18/h7-9,12,18,22,24,28-29H,3-6,10-11,13H2,1-2H3,(H,25,30). The summed E-state index contributed by atoms with van der Waals surface area (Å²) >= 11 is 0. The van der Waals surface area contributed by atoms with Gasteiger partial charge in [0.05, 0.1) is 29.9 Å². The molecule has 1 aliphatic carbocycles. The van der Waals surface area contributed by atoms with Crippen molar-refractivity contribution in [1.29, 1.82) is 0 Å². The highest BCUT2D eigenvalue weighted by molar-refractivity contribution is 6.06. The first-order valence-corrected chi connectivity index (χ1v) is 10.7. The van der Waals surface area contributed by atoms with Gasteiger partial charge in [-0.2, -0.15) is 5.10 Å². The summed E-state index contributed by atoms with van der Waals surface area (Å²) in [6, 6.07) is 3.84. The average Bonchev–Trinajstić information content (AvgIpc) is 3.41. The van der Waals surface area contributed by atoms with E-state index in [9.17, 15) is 15.0 Å². The smallest absolute Gasteiger partial charge is 0.252 e. The van der Waals surface area contributed by atoms with Crippen molar-refractivity contribution in [3.8, 4) is 0 Å². The molecule has 1 saturated carbocycles. The fourth-order valence-corrected chi connectivity index (χ4v) is 4.44. The molecule has 1 fully saturated rings. The predicted octanol–water partition coefficient (Wildman–Crippen LogP) is 2.73. The van der Waals surface area contributed by atoms with Crippen LogP contribution in [0, 0.1) is 0 Å². The van der Waals surface area contributed by atoms with Gasteiger partial charge in [-0.3, -0.25) is 9.48 Å². The number of aliphatic hydroxyl groups is 2. The number of fused-ring (bicyclic) bond motifs is 1. The van der Waals surface area contributed by atoms with Crippen molar-refractivity contribution < 1.29 is 15.0 Å². The van der Waals surface area contributed by atoms with Crippen molar-refractivity contribution in [1.82, 2.24) is 20.4 Å². The Balaban J connectivity index is 1.66. The van der Waals surface area contributed by atoms with Crippen molar-refractivity contribution in [3.63, 3.8) is 0 Å². The van der Waals surface area contributed by atoms with Crippen molar-refractivity contribution in [2.45, 2.75) is 51.7 Å². The number of benzene rings is 1. The number of carbonyl (C=O) groups excluding carboxylic acids is 1. The monoisotopic (exact) mass is 410 g/mol. The van der Waals surface area contributed by atoms with Gasteiger partial charge in [0, 0.05) is 24.2 Å². The largest absolute Gasteiger partial charge is 0.393 e. The van der Waals surface area contributed by atoms with E-state index in [1.165, 1.54) is 12.8 Å². The van der Waals surface area contributed by atoms with E-state index in [1.54, 1.807) is 12.3 Å². The molecule has 1 aromatic carbocycles. The highest BCUT2D eigenvalue weighted by Crippen LogP contribution is 2.33. The second-order valence-electron chi connectivity index (χ2n) is 8.38. The Morgan fingerprint density at radius 2 is 2.10 bits per heavy atom. The molecule has 2 heterocycles. The summed E-state index contributed by atoms with van der Waals surface area (Å²) in [5.74, 6) is -0.204. The van der Waals surface area contributed by atoms with E-state index in [0.29, 0.717) is 30.3 Å². The minimum absolute atomic E-state index is 0.204. The molecule has 1 amide bonds. The first-order chi connectivity index (χ1) is 14.5. The summed E-state index contributed by atoms with van der Waals surface area (Å²) in [7, 11) is 0. The Bertz CT molecular complexity index is 1010. The highest BCUT2D eigenvalue weighted by atomic mass is 16.3. The van der Waals surface area contributed by atoms with Gasteiger partial charge in [0.1, 0.15) is 6.10 Å². The number of rotatable bonds is 6. The number of carbonyl (C=O) groups is 1. The van der Waals surface area contributed by atoms with Crippen LogP contribution >= 0.6 is 0 Å². The topological polar surface area (TPSA) is 99.4 Å². The fourth-order valence-electron chi connectivity index (χ4n) is 4.44. The lowest BCUT2D eigenvalue weighted by Crippen LogP contribution is -2.31. The van der Waals surface area contributed by atoms with Gasteiger partial charge >= 0.3 is 0 Å². The number of hydrogen-bond acceptors (Lipinski definition) is 5. The van der Waals surface area contributed by atoms with Crippen LogP contribution in [-0.4, -0.2) is 45.6 Å². The average molecular weight is 411 g/mol. The number of nitrogens with one attached hydrogen (secondary N) is 2. The lowest BCUT2D eigenvalue weighted by molar-refractivity contribution is 0.0940. The molecule has 0 bridgehead atoms. The van der Waals surface area contributed by atoms with Crippen LogP contribution in [0.25, 0.3) is 10.9 Å². The van der Waals surface area contributed by atoms with Crippen LogP contribution in [0.1, 0.15) is 67.6 Å². The van der Waals surface area contributed by atoms with E-state index in [-0.39, 0.29) is 5.91 Å². The maximum absolute atomic E-state index is 13.1. The van der Waals surface area contributed by atoms with Gasteiger partial charge in [0.25, 0.3) is 5.91 Å². The zero-order valence-corrected chi connectivity index (χ0v) is 17.6. The number of amides is 1. The summed E-state index contributed by atoms with van der Waals surface area (Å²) < 4.78 is 1.98. The molecule has 4 rings (SSSR count). The van der Waals surface area contributed by atoms with E-state index in [4.69, 9.17) is 0 Å². The maximum Gasteiger partial charge on any atom is 0.252 e. The number of allylic oxidation sites excluding steroid dienone is 3. The number of hydrogen-bond donors (Lipinski definition) is 4. The van der Waals surface area contributed by atoms with E-state index >= 15 is 0 Å². The fraction of sp³-hybridized carbons (Fsp3) is 0.478. The van der Waals surface area contributed by atoms with E-state index in [1.807, 2.05) is 24.6 Å². The Labute approximate surface area is 176 Å². The quantitative estimate of drug-likeness (QED) is 0.587. The van der Waals surface area contributed by atoms with Gasteiger partial charge in [0.2, 0.25) is 0 Å². The Morgan fingerprint density at radius 1 is 1.33 bits per heavy atom. The molecule has 30 heavy (non-hydrogen) atoms. The first-order valence-electron chi connectivity index (χ1n) is 10.7. The second-order valence-corrected chi connectivity index (χ2v) is 8.38. The third kappa shape index (κ3) is 4.00. The van der Waals surface area contributed by atoms with Gasteiger partial charge in [-0.25, -0.2) is 0 Å². The van der Waals surface area contributed by atoms with Crippen LogP contribution < -0.4 is 10.6 Å². The van der Waals surface area contributed by atoms with E-state index in [2.05, 4.69) is 21.8 Å². The molecule has 7 heteroatoms. The highest BCUT2D eigenvalue weighted by Gasteiger charge is 2.23. The molecule has 160 valence electrons. The third-order valence-corrected chi connectivity index (χ3v) is 6.25. The van der Waals surface area contributed by atoms with Crippen LogP contribution in [0.15, 0.2) is 41.2 Å². The molecule has 0 saturated heterocycles. The SMILES string of the molecule is CC1=CC(C)=C(CNC(=O)c2cc(C(O)CO)cc3c2cnn3C2CCCC2)CN1. The Kier molecular flexibility index (Phi) is 5.92. The number of nitrogens with zero attached hydrogens (tertiary/aromatic N) is 2. The lowest BCUT2D eigenvalue weighted by atomic mass is 10.0. The zero-order valence-electron chi connectivity index (χ0n) is 17.6. The van der Waals surface area contributed by atoms with Crippen LogP contribution in [0.4, 0.5) is 0 Å². The Hall–Kier alpha value is -2.64. The summed E-state index contributed by atoms with van der Waals surface area (Å²) in [5.41, 5.74) is 5.27. The van der Waals surface area contributed by atoms with Gasteiger partial charge in [-0.05, 0) is 61.6 Å². The molecular weight excluding hydrogens is 380 g/mol. The third-order valence-electron chi connectivity index (χ3n) is 6.25. The summed E-state index contributed by atoms with van der Waals surface area (Å²) in [4.78, 5) is 13.1. The van der Waals surface area contributed by atoms with Gasteiger partial charge in [0.15, 0.2) is 0 Å². The van der Waals surface area contributed by atoms with Gasteiger partial charge in [-0.1, -0.05) is 12.8 Å². The minimum atomic E-state index is -1.03. The molecule has 1 aromatic heterocycles. The lowest BCUT2D eigenvalue weighted by Gasteiger charge is -2.19. The van der Waals surface area contributed by atoms with Crippen molar-refractivity contribution >= 4 is 16.8 Å². The van der Waals surface area contributed by atoms with E-state index < -0.39 is 12.7 Å². The van der Waals surface area contributed by atoms with Crippen molar-refractivity contribution in [2.75, 3.05) is 19.7 Å². The van der Waals surface area contributed by atoms with Crippen LogP contribution in [0.5, 0.6) is 0 Å². The molecule has 4 N–H and O–H groups in total. The van der Waals surface area contributed by atoms with Crippen LogP contribution in [-0.2, 0) is 0 Å². The van der Waals surface area contributed by atoms with Gasteiger partial charge < -0.3 is 20.8 Å². The molecule has 1 aliphatic heterocycles. The minimum Gasteiger partial charge on any atom is -0.393 e. The van der Waals surface area contributed by atoms with Crippen molar-refractivity contribution in [3.05, 3.63) is 52.4 Å². The number of dihydropyridines is 1. The number of aliphatic hydroxyl groups excluding tert-OH is 2. The molecule has 2 aliphatic rings. The molecule has 1 unspecified atom stereocenters. The molecular formula is C23H30N4O3. The molecule has 1 atom stereocenters. The second kappa shape index (κ2) is 8.62. The van der Waals surface area contributed by atoms with Crippen LogP contribution in [0.2, 0.25) is 0 Å². The predicted molar refractivity (Wildman–Crippen MR) is 116 cm³/mol. The molecule has 0 spiro atoms. The summed E-state index contributed by atoms with van der Waals surface area (Å²) in [6.45, 7) is 4.84. The first kappa shape index (κ1) is 20.6. The molecule has 7 nitrogen and oxygen atoms in total. The van der Waals surface area contributed by atoms with E-state index in [0.717, 1.165) is 40.6 Å². The molecule has 2 aromatic rings. The normalized spacial score (nSPS) is 18.5. The Morgan fingerprint density at radius 3 is 2.80 bits per heavy atom. The summed E-state index contributed by atoms with van der Waals surface area (Å²) in [6.07, 6.45) is 7.28. The van der Waals surface area contributed by atoms with Gasteiger partial charge in [-0.15, -0.1) is 0 Å². The van der Waals surface area contributed by atoms with Crippen molar-refractivity contribution in [2.24, 2.45) is 0 Å². The van der Waals surface area contributed by atoms with Crippen LogP contribution in [0.3, 0.4) is 0 Å². The maximum atomic E-state index is 13.1.